The second-order valence-corrected chi connectivity index (χ2v) is 7.06. The van der Waals surface area contributed by atoms with Crippen molar-refractivity contribution >= 4 is 28.4 Å². The van der Waals surface area contributed by atoms with Gasteiger partial charge in [0, 0.05) is 33.1 Å². The van der Waals surface area contributed by atoms with Gasteiger partial charge in [0.2, 0.25) is 11.0 Å². The maximum atomic E-state index is 12.4. The quantitative estimate of drug-likeness (QED) is 0.922. The Morgan fingerprint density at radius 2 is 2.09 bits per heavy atom. The molecule has 0 spiro atoms. The number of carbonyl (C=O) groups excluding carboxylic acids is 2. The molecule has 2 rings (SSSR count). The number of amides is 3. The first-order valence-electron chi connectivity index (χ1n) is 7.49. The lowest BCUT2D eigenvalue weighted by Gasteiger charge is -2.33. The molecule has 0 saturated carbocycles. The predicted octanol–water partition coefficient (Wildman–Crippen LogP) is 1.99. The van der Waals surface area contributed by atoms with Crippen LogP contribution in [-0.2, 0) is 4.79 Å². The molecule has 122 valence electrons. The van der Waals surface area contributed by atoms with Crippen molar-refractivity contribution in [3.63, 3.8) is 0 Å². The minimum absolute atomic E-state index is 0.0458. The molecule has 1 saturated heterocycles. The van der Waals surface area contributed by atoms with Crippen molar-refractivity contribution in [2.24, 2.45) is 5.92 Å². The van der Waals surface area contributed by atoms with Crippen molar-refractivity contribution in [1.82, 2.24) is 20.0 Å². The Morgan fingerprint density at radius 1 is 1.36 bits per heavy atom. The standard InChI is InChI=1S/C14H23N5O2S/c1-9(2)12-16-17-13(22-12)15-11(20)10-6-5-7-19(8-10)14(21)18(3)4/h9-10H,5-8H2,1-4H3,(H,15,17,20). The Labute approximate surface area is 134 Å². The number of carbonyl (C=O) groups is 2. The van der Waals surface area contributed by atoms with Crippen molar-refractivity contribution in [3.05, 3.63) is 5.01 Å². The molecular weight excluding hydrogens is 302 g/mol. The highest BCUT2D eigenvalue weighted by Gasteiger charge is 2.29. The van der Waals surface area contributed by atoms with E-state index in [0.29, 0.717) is 24.1 Å². The highest BCUT2D eigenvalue weighted by atomic mass is 32.1. The SMILES string of the molecule is CC(C)c1nnc(NC(=O)C2CCCN(C(=O)N(C)C)C2)s1. The van der Waals surface area contributed by atoms with E-state index in [1.165, 1.54) is 11.3 Å². The first kappa shape index (κ1) is 16.7. The molecule has 0 aliphatic carbocycles. The van der Waals surface area contributed by atoms with Crippen LogP contribution in [0.5, 0.6) is 0 Å². The highest BCUT2D eigenvalue weighted by molar-refractivity contribution is 7.15. The summed E-state index contributed by atoms with van der Waals surface area (Å²) in [6.07, 6.45) is 1.63. The van der Waals surface area contributed by atoms with Crippen molar-refractivity contribution in [3.8, 4) is 0 Å². The fourth-order valence-corrected chi connectivity index (χ4v) is 3.12. The molecule has 1 N–H and O–H groups in total. The molecule has 0 radical (unpaired) electrons. The minimum atomic E-state index is -0.191. The maximum Gasteiger partial charge on any atom is 0.319 e. The number of piperidine rings is 1. The summed E-state index contributed by atoms with van der Waals surface area (Å²) in [6, 6.07) is -0.0458. The molecule has 0 aromatic carbocycles. The second kappa shape index (κ2) is 7.04. The normalized spacial score (nSPS) is 18.4. The Hall–Kier alpha value is -1.70. The predicted molar refractivity (Wildman–Crippen MR) is 86.0 cm³/mol. The number of hydrogen-bond donors (Lipinski definition) is 1. The highest BCUT2D eigenvalue weighted by Crippen LogP contribution is 2.24. The lowest BCUT2D eigenvalue weighted by Crippen LogP contribution is -2.47. The molecule has 7 nitrogen and oxygen atoms in total. The fourth-order valence-electron chi connectivity index (χ4n) is 2.37. The summed E-state index contributed by atoms with van der Waals surface area (Å²) in [6.45, 7) is 5.24. The van der Waals surface area contributed by atoms with Crippen LogP contribution in [0.15, 0.2) is 0 Å². The third kappa shape index (κ3) is 3.94. The van der Waals surface area contributed by atoms with Crippen molar-refractivity contribution < 1.29 is 9.59 Å². The Balaban J connectivity index is 1.95. The number of aromatic nitrogens is 2. The molecule has 0 bridgehead atoms. The topological polar surface area (TPSA) is 78.4 Å². The zero-order valence-electron chi connectivity index (χ0n) is 13.5. The third-order valence-corrected chi connectivity index (χ3v) is 4.75. The van der Waals surface area contributed by atoms with Crippen LogP contribution in [-0.4, -0.2) is 59.1 Å². The van der Waals surface area contributed by atoms with Gasteiger partial charge in [0.25, 0.3) is 0 Å². The van der Waals surface area contributed by atoms with E-state index in [1.807, 2.05) is 13.8 Å². The van der Waals surface area contributed by atoms with Crippen molar-refractivity contribution in [2.75, 3.05) is 32.5 Å². The van der Waals surface area contributed by atoms with Crippen molar-refractivity contribution in [2.45, 2.75) is 32.6 Å². The van der Waals surface area contributed by atoms with E-state index >= 15 is 0 Å². The summed E-state index contributed by atoms with van der Waals surface area (Å²) < 4.78 is 0. The number of nitrogens with zero attached hydrogens (tertiary/aromatic N) is 4. The summed E-state index contributed by atoms with van der Waals surface area (Å²) in [5, 5.41) is 12.3. The van der Waals surface area contributed by atoms with E-state index in [-0.39, 0.29) is 17.9 Å². The van der Waals surface area contributed by atoms with Gasteiger partial charge in [-0.25, -0.2) is 4.79 Å². The van der Waals surface area contributed by atoms with E-state index < -0.39 is 0 Å². The molecule has 1 atom stereocenters. The van der Waals surface area contributed by atoms with Gasteiger partial charge >= 0.3 is 6.03 Å². The zero-order chi connectivity index (χ0) is 16.3. The van der Waals surface area contributed by atoms with Gasteiger partial charge in [0.15, 0.2) is 0 Å². The fraction of sp³-hybridized carbons (Fsp3) is 0.714. The number of likely N-dealkylation sites (tertiary alicyclic amines) is 1. The van der Waals surface area contributed by atoms with Gasteiger partial charge in [-0.15, -0.1) is 10.2 Å². The molecule has 1 aliphatic rings. The number of hydrogen-bond acceptors (Lipinski definition) is 5. The summed E-state index contributed by atoms with van der Waals surface area (Å²) in [4.78, 5) is 27.6. The lowest BCUT2D eigenvalue weighted by molar-refractivity contribution is -0.121. The first-order valence-corrected chi connectivity index (χ1v) is 8.30. The average Bonchev–Trinajstić information content (AvgIpc) is 2.95. The van der Waals surface area contributed by atoms with Gasteiger partial charge in [-0.05, 0) is 12.8 Å². The minimum Gasteiger partial charge on any atom is -0.331 e. The number of nitrogens with one attached hydrogen (secondary N) is 1. The van der Waals surface area contributed by atoms with Gasteiger partial charge in [0.05, 0.1) is 5.92 Å². The molecule has 1 aromatic heterocycles. The number of anilines is 1. The first-order chi connectivity index (χ1) is 10.4. The molecule has 1 aromatic rings. The van der Waals surface area contributed by atoms with Gasteiger partial charge in [-0.3, -0.25) is 4.79 Å². The van der Waals surface area contributed by atoms with Crippen LogP contribution in [0.3, 0.4) is 0 Å². The van der Waals surface area contributed by atoms with Gasteiger partial charge in [0.1, 0.15) is 5.01 Å². The van der Waals surface area contributed by atoms with E-state index in [1.54, 1.807) is 23.9 Å². The second-order valence-electron chi connectivity index (χ2n) is 6.05. The van der Waals surface area contributed by atoms with Crippen LogP contribution in [0.1, 0.15) is 37.6 Å². The van der Waals surface area contributed by atoms with Crippen LogP contribution in [0, 0.1) is 5.92 Å². The summed E-state index contributed by atoms with van der Waals surface area (Å²) in [7, 11) is 3.45. The van der Waals surface area contributed by atoms with E-state index in [9.17, 15) is 9.59 Å². The largest absolute Gasteiger partial charge is 0.331 e. The molecule has 8 heteroatoms. The van der Waals surface area contributed by atoms with E-state index in [4.69, 9.17) is 0 Å². The summed E-state index contributed by atoms with van der Waals surface area (Å²) in [5.74, 6) is 0.0257. The van der Waals surface area contributed by atoms with Gasteiger partial charge in [-0.1, -0.05) is 25.2 Å². The monoisotopic (exact) mass is 325 g/mol. The van der Waals surface area contributed by atoms with Gasteiger partial charge in [-0.2, -0.15) is 0 Å². The molecule has 3 amide bonds. The molecule has 1 aliphatic heterocycles. The smallest absolute Gasteiger partial charge is 0.319 e. The molecule has 22 heavy (non-hydrogen) atoms. The van der Waals surface area contributed by atoms with Crippen LogP contribution >= 0.6 is 11.3 Å². The van der Waals surface area contributed by atoms with Crippen LogP contribution in [0.2, 0.25) is 0 Å². The summed E-state index contributed by atoms with van der Waals surface area (Å²) in [5.41, 5.74) is 0. The van der Waals surface area contributed by atoms with E-state index in [0.717, 1.165) is 17.8 Å². The molecule has 1 fully saturated rings. The van der Waals surface area contributed by atoms with Crippen LogP contribution in [0.4, 0.5) is 9.93 Å². The van der Waals surface area contributed by atoms with Crippen LogP contribution in [0.25, 0.3) is 0 Å². The molecular formula is C14H23N5O2S. The van der Waals surface area contributed by atoms with Gasteiger partial charge < -0.3 is 15.1 Å². The maximum absolute atomic E-state index is 12.4. The summed E-state index contributed by atoms with van der Waals surface area (Å²) >= 11 is 1.40. The Bertz CT molecular complexity index is 543. The average molecular weight is 325 g/mol. The molecule has 1 unspecified atom stereocenters. The zero-order valence-corrected chi connectivity index (χ0v) is 14.3. The van der Waals surface area contributed by atoms with Crippen LogP contribution < -0.4 is 5.32 Å². The Morgan fingerprint density at radius 3 is 2.68 bits per heavy atom. The Kier molecular flexibility index (Phi) is 5.33. The molecule has 2 heterocycles. The number of rotatable bonds is 3. The number of urea groups is 1. The van der Waals surface area contributed by atoms with E-state index in [2.05, 4.69) is 15.5 Å². The lowest BCUT2D eigenvalue weighted by atomic mass is 9.97. The van der Waals surface area contributed by atoms with Crippen molar-refractivity contribution in [1.29, 1.82) is 0 Å². The third-order valence-electron chi connectivity index (χ3n) is 3.61.